The van der Waals surface area contributed by atoms with Gasteiger partial charge in [0.15, 0.2) is 0 Å². The van der Waals surface area contributed by atoms with E-state index in [0.717, 1.165) is 25.7 Å². The van der Waals surface area contributed by atoms with Gasteiger partial charge in [-0.05, 0) is 48.1 Å². The Balaban J connectivity index is 1.94. The van der Waals surface area contributed by atoms with Crippen molar-refractivity contribution in [3.63, 3.8) is 0 Å². The van der Waals surface area contributed by atoms with Gasteiger partial charge in [0.25, 0.3) is 0 Å². The standard InChI is InChI=1S/C15H21NS/c16-13-15(8-4-2-1-3-5-9-15)10-6-14-7-11-17-12-14/h7,11-12H,1-6,8-10H2. The maximum Gasteiger partial charge on any atom is 0.0689 e. The van der Waals surface area contributed by atoms with Gasteiger partial charge in [-0.1, -0.05) is 32.1 Å². The van der Waals surface area contributed by atoms with Crippen LogP contribution in [0.5, 0.6) is 0 Å². The summed E-state index contributed by atoms with van der Waals surface area (Å²) in [5, 5.41) is 13.9. The van der Waals surface area contributed by atoms with Gasteiger partial charge in [0.1, 0.15) is 0 Å². The number of thiophene rings is 1. The molecule has 1 aliphatic rings. The van der Waals surface area contributed by atoms with E-state index in [4.69, 9.17) is 0 Å². The van der Waals surface area contributed by atoms with Gasteiger partial charge in [-0.15, -0.1) is 0 Å². The third-order valence-corrected chi connectivity index (χ3v) is 4.75. The molecule has 1 aromatic rings. The van der Waals surface area contributed by atoms with Crippen LogP contribution in [-0.4, -0.2) is 0 Å². The highest BCUT2D eigenvalue weighted by Crippen LogP contribution is 2.37. The summed E-state index contributed by atoms with van der Waals surface area (Å²) in [6.45, 7) is 0. The molecule has 0 atom stereocenters. The molecule has 17 heavy (non-hydrogen) atoms. The molecule has 92 valence electrons. The molecule has 0 saturated heterocycles. The van der Waals surface area contributed by atoms with Gasteiger partial charge in [0.05, 0.1) is 11.5 Å². The number of nitriles is 1. The SMILES string of the molecule is N#CC1(CCc2ccsc2)CCCCCCC1. The molecule has 0 spiro atoms. The van der Waals surface area contributed by atoms with Crippen LogP contribution in [0.3, 0.4) is 0 Å². The minimum Gasteiger partial charge on any atom is -0.198 e. The molecule has 0 amide bonds. The van der Waals surface area contributed by atoms with Crippen LogP contribution in [0.1, 0.15) is 56.9 Å². The van der Waals surface area contributed by atoms with Gasteiger partial charge in [-0.25, -0.2) is 0 Å². The molecule has 0 unspecified atom stereocenters. The molecule has 0 aromatic carbocycles. The van der Waals surface area contributed by atoms with Crippen LogP contribution in [0.25, 0.3) is 0 Å². The summed E-state index contributed by atoms with van der Waals surface area (Å²) in [4.78, 5) is 0. The topological polar surface area (TPSA) is 23.8 Å². The Hall–Kier alpha value is -0.810. The van der Waals surface area contributed by atoms with Crippen molar-refractivity contribution in [1.29, 1.82) is 5.26 Å². The fourth-order valence-corrected chi connectivity index (χ4v) is 3.52. The van der Waals surface area contributed by atoms with Crippen molar-refractivity contribution in [3.05, 3.63) is 22.4 Å². The fourth-order valence-electron chi connectivity index (χ4n) is 2.82. The number of nitrogens with zero attached hydrogens (tertiary/aromatic N) is 1. The van der Waals surface area contributed by atoms with E-state index in [0.29, 0.717) is 0 Å². The van der Waals surface area contributed by atoms with Crippen molar-refractivity contribution in [2.75, 3.05) is 0 Å². The molecule has 2 heteroatoms. The predicted molar refractivity (Wildman–Crippen MR) is 73.0 cm³/mol. The molecule has 2 rings (SSSR count). The first-order valence-electron chi connectivity index (χ1n) is 6.77. The van der Waals surface area contributed by atoms with Crippen LogP contribution in [0.2, 0.25) is 0 Å². The predicted octanol–water partition coefficient (Wildman–Crippen LogP) is 4.93. The Labute approximate surface area is 108 Å². The number of hydrogen-bond donors (Lipinski definition) is 0. The molecule has 1 aromatic heterocycles. The van der Waals surface area contributed by atoms with Crippen LogP contribution in [0.4, 0.5) is 0 Å². The second-order valence-corrected chi connectivity index (χ2v) is 6.07. The normalized spacial score (nSPS) is 20.2. The fraction of sp³-hybridized carbons (Fsp3) is 0.667. The summed E-state index contributed by atoms with van der Waals surface area (Å²) in [7, 11) is 0. The van der Waals surface area contributed by atoms with Crippen LogP contribution in [-0.2, 0) is 6.42 Å². The first-order chi connectivity index (χ1) is 8.35. The quantitative estimate of drug-likeness (QED) is 0.742. The summed E-state index contributed by atoms with van der Waals surface area (Å²) in [5.41, 5.74) is 1.38. The zero-order chi connectivity index (χ0) is 12.0. The Morgan fingerprint density at radius 2 is 1.88 bits per heavy atom. The Bertz CT molecular complexity index is 353. The van der Waals surface area contributed by atoms with Gasteiger partial charge < -0.3 is 0 Å². The first kappa shape index (κ1) is 12.6. The number of aryl methyl sites for hydroxylation is 1. The molecule has 0 N–H and O–H groups in total. The molecule has 0 bridgehead atoms. The van der Waals surface area contributed by atoms with E-state index < -0.39 is 0 Å². The molecule has 1 saturated carbocycles. The van der Waals surface area contributed by atoms with E-state index in [-0.39, 0.29) is 5.41 Å². The minimum absolute atomic E-state index is 0.0254. The van der Waals surface area contributed by atoms with Crippen molar-refractivity contribution >= 4 is 11.3 Å². The van der Waals surface area contributed by atoms with E-state index in [1.54, 1.807) is 11.3 Å². The summed E-state index contributed by atoms with van der Waals surface area (Å²) in [5.74, 6) is 0. The van der Waals surface area contributed by atoms with Crippen molar-refractivity contribution in [1.82, 2.24) is 0 Å². The largest absolute Gasteiger partial charge is 0.198 e. The third kappa shape index (κ3) is 3.57. The highest BCUT2D eigenvalue weighted by molar-refractivity contribution is 7.07. The second-order valence-electron chi connectivity index (χ2n) is 5.29. The Morgan fingerprint density at radius 1 is 1.18 bits per heavy atom. The molecule has 1 aliphatic carbocycles. The summed E-state index contributed by atoms with van der Waals surface area (Å²) < 4.78 is 0. The van der Waals surface area contributed by atoms with Crippen LogP contribution >= 0.6 is 11.3 Å². The lowest BCUT2D eigenvalue weighted by atomic mass is 9.74. The highest BCUT2D eigenvalue weighted by Gasteiger charge is 2.29. The zero-order valence-corrected chi connectivity index (χ0v) is 11.3. The summed E-state index contributed by atoms with van der Waals surface area (Å²) in [6.07, 6.45) is 10.9. The lowest BCUT2D eigenvalue weighted by Gasteiger charge is -2.28. The van der Waals surface area contributed by atoms with Gasteiger partial charge in [-0.3, -0.25) is 0 Å². The average Bonchev–Trinajstić information content (AvgIpc) is 2.82. The molecule has 1 fully saturated rings. The molecule has 1 heterocycles. The summed E-state index contributed by atoms with van der Waals surface area (Å²) in [6, 6.07) is 4.84. The van der Waals surface area contributed by atoms with Crippen molar-refractivity contribution in [2.24, 2.45) is 5.41 Å². The maximum atomic E-state index is 9.54. The van der Waals surface area contributed by atoms with E-state index in [9.17, 15) is 5.26 Å². The Kier molecular flexibility index (Phi) is 4.62. The Morgan fingerprint density at radius 3 is 2.47 bits per heavy atom. The monoisotopic (exact) mass is 247 g/mol. The lowest BCUT2D eigenvalue weighted by molar-refractivity contribution is 0.270. The van der Waals surface area contributed by atoms with Gasteiger partial charge in [0, 0.05) is 0 Å². The van der Waals surface area contributed by atoms with Gasteiger partial charge in [-0.2, -0.15) is 16.6 Å². The molecular weight excluding hydrogens is 226 g/mol. The number of rotatable bonds is 3. The van der Waals surface area contributed by atoms with E-state index in [1.807, 2.05) is 0 Å². The lowest BCUT2D eigenvalue weighted by Crippen LogP contribution is -2.21. The molecule has 0 aliphatic heterocycles. The van der Waals surface area contributed by atoms with Gasteiger partial charge in [0.2, 0.25) is 0 Å². The van der Waals surface area contributed by atoms with Crippen LogP contribution in [0, 0.1) is 16.7 Å². The molecular formula is C15H21NS. The summed E-state index contributed by atoms with van der Waals surface area (Å²) >= 11 is 1.76. The molecule has 0 radical (unpaired) electrons. The second kappa shape index (κ2) is 6.21. The van der Waals surface area contributed by atoms with Crippen LogP contribution in [0.15, 0.2) is 16.8 Å². The zero-order valence-electron chi connectivity index (χ0n) is 10.5. The van der Waals surface area contributed by atoms with Crippen molar-refractivity contribution < 1.29 is 0 Å². The van der Waals surface area contributed by atoms with Crippen molar-refractivity contribution in [2.45, 2.75) is 57.8 Å². The maximum absolute atomic E-state index is 9.54. The van der Waals surface area contributed by atoms with Gasteiger partial charge >= 0.3 is 0 Å². The van der Waals surface area contributed by atoms with E-state index >= 15 is 0 Å². The average molecular weight is 247 g/mol. The molecule has 1 nitrogen and oxygen atoms in total. The van der Waals surface area contributed by atoms with Crippen molar-refractivity contribution in [3.8, 4) is 6.07 Å². The smallest absolute Gasteiger partial charge is 0.0689 e. The first-order valence-corrected chi connectivity index (χ1v) is 7.71. The van der Waals surface area contributed by atoms with E-state index in [1.165, 1.54) is 37.7 Å². The minimum atomic E-state index is -0.0254. The highest BCUT2D eigenvalue weighted by atomic mass is 32.1. The third-order valence-electron chi connectivity index (χ3n) is 4.02. The number of hydrogen-bond acceptors (Lipinski definition) is 2. The van der Waals surface area contributed by atoms with E-state index in [2.05, 4.69) is 22.9 Å². The van der Waals surface area contributed by atoms with Crippen LogP contribution < -0.4 is 0 Å².